The van der Waals surface area contributed by atoms with Crippen molar-refractivity contribution in [3.8, 4) is 0 Å². The van der Waals surface area contributed by atoms with Crippen LogP contribution in [0.1, 0.15) is 58.3 Å². The van der Waals surface area contributed by atoms with E-state index in [1.54, 1.807) is 0 Å². The van der Waals surface area contributed by atoms with Crippen LogP contribution in [0, 0.1) is 23.2 Å². The van der Waals surface area contributed by atoms with Crippen molar-refractivity contribution in [1.29, 1.82) is 0 Å². The van der Waals surface area contributed by atoms with Crippen molar-refractivity contribution < 1.29 is 10.2 Å². The van der Waals surface area contributed by atoms with Crippen LogP contribution in [0.3, 0.4) is 0 Å². The van der Waals surface area contributed by atoms with Gasteiger partial charge in [0.1, 0.15) is 0 Å². The van der Waals surface area contributed by atoms with Gasteiger partial charge in [-0.1, -0.05) is 6.92 Å². The van der Waals surface area contributed by atoms with Gasteiger partial charge in [0, 0.05) is 13.2 Å². The van der Waals surface area contributed by atoms with E-state index >= 15 is 0 Å². The van der Waals surface area contributed by atoms with Crippen LogP contribution in [-0.4, -0.2) is 23.4 Å². The number of hydrogen-bond acceptors (Lipinski definition) is 2. The Bertz CT molecular complexity index is 223. The predicted octanol–water partition coefficient (Wildman–Crippen LogP) is 2.97. The molecule has 17 heavy (non-hydrogen) atoms. The molecule has 0 atom stereocenters. The normalized spacial score (nSPS) is 43.6. The first kappa shape index (κ1) is 13.4. The highest BCUT2D eigenvalue weighted by Crippen LogP contribution is 2.49. The molecule has 0 heterocycles. The average molecular weight is 240 g/mol. The van der Waals surface area contributed by atoms with E-state index in [1.807, 2.05) is 0 Å². The molecule has 0 spiro atoms. The van der Waals surface area contributed by atoms with Gasteiger partial charge in [0.25, 0.3) is 0 Å². The molecule has 0 saturated heterocycles. The average Bonchev–Trinajstić information content (AvgIpc) is 2.40. The van der Waals surface area contributed by atoms with Gasteiger partial charge in [0.05, 0.1) is 0 Å². The summed E-state index contributed by atoms with van der Waals surface area (Å²) in [5, 5.41) is 18.4. The molecule has 2 aliphatic carbocycles. The molecule has 0 aromatic carbocycles. The fourth-order valence-corrected chi connectivity index (χ4v) is 3.97. The number of aliphatic hydroxyl groups excluding tert-OH is 2. The monoisotopic (exact) mass is 240 g/mol. The zero-order chi connectivity index (χ0) is 12.3. The Morgan fingerprint density at radius 1 is 0.824 bits per heavy atom. The highest BCUT2D eigenvalue weighted by atomic mass is 16.3. The predicted molar refractivity (Wildman–Crippen MR) is 69.7 cm³/mol. The molecule has 2 N–H and O–H groups in total. The molecule has 100 valence electrons. The molecule has 0 amide bonds. The Morgan fingerprint density at radius 2 is 1.29 bits per heavy atom. The quantitative estimate of drug-likeness (QED) is 0.796. The van der Waals surface area contributed by atoms with E-state index in [4.69, 9.17) is 0 Å². The maximum absolute atomic E-state index is 9.21. The summed E-state index contributed by atoms with van der Waals surface area (Å²) in [5.74, 6) is 2.01. The summed E-state index contributed by atoms with van der Waals surface area (Å²) in [7, 11) is 0. The van der Waals surface area contributed by atoms with Gasteiger partial charge in [-0.25, -0.2) is 0 Å². The summed E-state index contributed by atoms with van der Waals surface area (Å²) in [4.78, 5) is 0. The van der Waals surface area contributed by atoms with Crippen LogP contribution >= 0.6 is 0 Å². The number of rotatable bonds is 3. The second-order valence-electron chi connectivity index (χ2n) is 6.68. The molecule has 0 aromatic heterocycles. The number of hydrogen-bond donors (Lipinski definition) is 2. The Kier molecular flexibility index (Phi) is 4.48. The maximum atomic E-state index is 9.21. The lowest BCUT2D eigenvalue weighted by Crippen LogP contribution is -2.35. The fourth-order valence-electron chi connectivity index (χ4n) is 3.97. The second-order valence-corrected chi connectivity index (χ2v) is 6.68. The first-order chi connectivity index (χ1) is 8.18. The zero-order valence-corrected chi connectivity index (χ0v) is 11.2. The molecule has 2 rings (SSSR count). The topological polar surface area (TPSA) is 40.5 Å². The van der Waals surface area contributed by atoms with Crippen molar-refractivity contribution in [3.63, 3.8) is 0 Å². The van der Waals surface area contributed by atoms with E-state index < -0.39 is 0 Å². The van der Waals surface area contributed by atoms with Crippen LogP contribution in [0.4, 0.5) is 0 Å². The largest absolute Gasteiger partial charge is 0.396 e. The zero-order valence-electron chi connectivity index (χ0n) is 11.2. The van der Waals surface area contributed by atoms with Crippen molar-refractivity contribution >= 4 is 0 Å². The summed E-state index contributed by atoms with van der Waals surface area (Å²) in [6.45, 7) is 3.23. The summed E-state index contributed by atoms with van der Waals surface area (Å²) < 4.78 is 0. The lowest BCUT2D eigenvalue weighted by atomic mass is 9.60. The molecule has 2 aliphatic rings. The summed E-state index contributed by atoms with van der Waals surface area (Å²) in [6.07, 6.45) is 10.1. The van der Waals surface area contributed by atoms with Gasteiger partial charge >= 0.3 is 0 Å². The number of aliphatic hydroxyl groups is 2. The third kappa shape index (κ3) is 3.03. The van der Waals surface area contributed by atoms with Crippen molar-refractivity contribution in [1.82, 2.24) is 0 Å². The van der Waals surface area contributed by atoms with E-state index in [0.29, 0.717) is 30.5 Å². The molecule has 2 fully saturated rings. The van der Waals surface area contributed by atoms with Gasteiger partial charge in [-0.15, -0.1) is 0 Å². The van der Waals surface area contributed by atoms with Crippen molar-refractivity contribution in [3.05, 3.63) is 0 Å². The van der Waals surface area contributed by atoms with Gasteiger partial charge < -0.3 is 10.2 Å². The van der Waals surface area contributed by atoms with Crippen LogP contribution in [0.25, 0.3) is 0 Å². The first-order valence-electron chi connectivity index (χ1n) is 7.39. The molecule has 2 heteroatoms. The molecule has 2 nitrogen and oxygen atoms in total. The maximum Gasteiger partial charge on any atom is 0.0459 e. The van der Waals surface area contributed by atoms with Gasteiger partial charge in [-0.05, 0) is 74.5 Å². The lowest BCUT2D eigenvalue weighted by Gasteiger charge is -2.45. The van der Waals surface area contributed by atoms with Gasteiger partial charge in [0.15, 0.2) is 0 Å². The van der Waals surface area contributed by atoms with Crippen LogP contribution in [0.2, 0.25) is 0 Å². The van der Waals surface area contributed by atoms with Crippen molar-refractivity contribution in [2.75, 3.05) is 13.2 Å². The van der Waals surface area contributed by atoms with E-state index in [0.717, 1.165) is 5.92 Å². The third-order valence-corrected chi connectivity index (χ3v) is 5.60. The Hall–Kier alpha value is -0.0800. The molecule has 0 radical (unpaired) electrons. The standard InChI is InChI=1S/C15H28O2/c1-15(8-6-13(11-17)7-9-15)14-4-2-12(10-16)3-5-14/h12-14,16-17H,2-11H2,1H3. The van der Waals surface area contributed by atoms with Crippen molar-refractivity contribution in [2.45, 2.75) is 58.3 Å². The molecule has 0 unspecified atom stereocenters. The van der Waals surface area contributed by atoms with Crippen LogP contribution in [0.5, 0.6) is 0 Å². The third-order valence-electron chi connectivity index (χ3n) is 5.60. The van der Waals surface area contributed by atoms with Crippen LogP contribution in [0.15, 0.2) is 0 Å². The Labute approximate surface area is 105 Å². The van der Waals surface area contributed by atoms with E-state index in [9.17, 15) is 10.2 Å². The summed E-state index contributed by atoms with van der Waals surface area (Å²) >= 11 is 0. The minimum atomic E-state index is 0.382. The van der Waals surface area contributed by atoms with E-state index in [1.165, 1.54) is 51.4 Å². The molecular formula is C15H28O2. The van der Waals surface area contributed by atoms with E-state index in [2.05, 4.69) is 6.92 Å². The van der Waals surface area contributed by atoms with Gasteiger partial charge in [-0.3, -0.25) is 0 Å². The van der Waals surface area contributed by atoms with Gasteiger partial charge in [0.2, 0.25) is 0 Å². The van der Waals surface area contributed by atoms with E-state index in [-0.39, 0.29) is 0 Å². The molecular weight excluding hydrogens is 212 g/mol. The Balaban J connectivity index is 1.85. The summed E-state index contributed by atoms with van der Waals surface area (Å²) in [6, 6.07) is 0. The minimum Gasteiger partial charge on any atom is -0.396 e. The van der Waals surface area contributed by atoms with Gasteiger partial charge in [-0.2, -0.15) is 0 Å². The minimum absolute atomic E-state index is 0.382. The highest BCUT2D eigenvalue weighted by Gasteiger charge is 2.39. The fraction of sp³-hybridized carbons (Fsp3) is 1.00. The molecule has 0 aliphatic heterocycles. The summed E-state index contributed by atoms with van der Waals surface area (Å²) in [5.41, 5.74) is 0.520. The second kappa shape index (κ2) is 5.71. The smallest absolute Gasteiger partial charge is 0.0459 e. The highest BCUT2D eigenvalue weighted by molar-refractivity contribution is 4.90. The lowest BCUT2D eigenvalue weighted by molar-refractivity contribution is 0.0352. The SMILES string of the molecule is CC1(C2CCC(CO)CC2)CCC(CO)CC1. The van der Waals surface area contributed by atoms with Crippen LogP contribution < -0.4 is 0 Å². The van der Waals surface area contributed by atoms with Crippen LogP contribution in [-0.2, 0) is 0 Å². The Morgan fingerprint density at radius 3 is 1.76 bits per heavy atom. The first-order valence-corrected chi connectivity index (χ1v) is 7.39. The molecule has 2 saturated carbocycles. The molecule has 0 aromatic rings. The van der Waals surface area contributed by atoms with Crippen molar-refractivity contribution in [2.24, 2.45) is 23.2 Å². The molecule has 0 bridgehead atoms.